The molecule has 10 heavy (non-hydrogen) atoms. The molecule has 0 aliphatic rings. The van der Waals surface area contributed by atoms with Crippen LogP contribution in [0.4, 0.5) is 5.69 Å². The highest BCUT2D eigenvalue weighted by Crippen LogP contribution is 2.05. The summed E-state index contributed by atoms with van der Waals surface area (Å²) >= 11 is 3.22. The molecule has 3 heteroatoms. The van der Waals surface area contributed by atoms with Crippen LogP contribution in [-0.4, -0.2) is 0 Å². The topological polar surface area (TPSA) is 43.1 Å². The molecular weight excluding hydrogens is 194 g/mol. The average Bonchev–Trinajstić information content (AvgIpc) is 2.04. The SMILES string of the molecule is Nc1ccc(Br)ccc1=O. The molecule has 2 nitrogen and oxygen atoms in total. The third-order valence-corrected chi connectivity index (χ3v) is 1.63. The van der Waals surface area contributed by atoms with Crippen molar-refractivity contribution in [3.8, 4) is 0 Å². The van der Waals surface area contributed by atoms with Crippen LogP contribution in [-0.2, 0) is 0 Å². The summed E-state index contributed by atoms with van der Waals surface area (Å²) in [6, 6.07) is 6.40. The molecule has 1 aromatic rings. The van der Waals surface area contributed by atoms with Crippen molar-refractivity contribution in [2.45, 2.75) is 0 Å². The molecule has 0 radical (unpaired) electrons. The maximum absolute atomic E-state index is 10.8. The van der Waals surface area contributed by atoms with Gasteiger partial charge < -0.3 is 5.73 Å². The minimum Gasteiger partial charge on any atom is -0.396 e. The van der Waals surface area contributed by atoms with E-state index in [-0.39, 0.29) is 11.1 Å². The first-order chi connectivity index (χ1) is 4.70. The van der Waals surface area contributed by atoms with E-state index in [1.54, 1.807) is 18.2 Å². The van der Waals surface area contributed by atoms with Crippen LogP contribution >= 0.6 is 15.9 Å². The maximum atomic E-state index is 10.8. The van der Waals surface area contributed by atoms with Crippen molar-refractivity contribution in [3.63, 3.8) is 0 Å². The Morgan fingerprint density at radius 3 is 2.50 bits per heavy atom. The number of hydrogen-bond donors (Lipinski definition) is 1. The smallest absolute Gasteiger partial charge is 0.201 e. The van der Waals surface area contributed by atoms with Gasteiger partial charge in [-0.1, -0.05) is 15.9 Å². The van der Waals surface area contributed by atoms with Gasteiger partial charge in [0.1, 0.15) is 0 Å². The van der Waals surface area contributed by atoms with E-state index in [9.17, 15) is 4.79 Å². The van der Waals surface area contributed by atoms with E-state index >= 15 is 0 Å². The fourth-order valence-corrected chi connectivity index (χ4v) is 0.823. The number of nitrogen functional groups attached to an aromatic ring is 1. The van der Waals surface area contributed by atoms with Gasteiger partial charge in [0.25, 0.3) is 0 Å². The van der Waals surface area contributed by atoms with E-state index < -0.39 is 0 Å². The molecule has 0 atom stereocenters. The zero-order valence-electron chi connectivity index (χ0n) is 5.17. The minimum atomic E-state index is -0.147. The lowest BCUT2D eigenvalue weighted by Crippen LogP contribution is -2.01. The molecule has 1 aromatic carbocycles. The molecule has 0 spiro atoms. The van der Waals surface area contributed by atoms with Gasteiger partial charge in [-0.3, -0.25) is 4.79 Å². The van der Waals surface area contributed by atoms with Gasteiger partial charge in [-0.25, -0.2) is 0 Å². The van der Waals surface area contributed by atoms with E-state index in [0.717, 1.165) is 4.47 Å². The Hall–Kier alpha value is -0.830. The second-order valence-electron chi connectivity index (χ2n) is 1.87. The number of nitrogens with two attached hydrogens (primary N) is 1. The van der Waals surface area contributed by atoms with Crippen LogP contribution in [0, 0.1) is 0 Å². The summed E-state index contributed by atoms with van der Waals surface area (Å²) in [5.41, 5.74) is 5.46. The lowest BCUT2D eigenvalue weighted by atomic mass is 10.4. The monoisotopic (exact) mass is 199 g/mol. The maximum Gasteiger partial charge on any atom is 0.201 e. The number of hydrogen-bond acceptors (Lipinski definition) is 2. The predicted molar refractivity (Wildman–Crippen MR) is 44.8 cm³/mol. The molecule has 0 unspecified atom stereocenters. The van der Waals surface area contributed by atoms with Crippen LogP contribution in [0.2, 0.25) is 0 Å². The fourth-order valence-electron chi connectivity index (χ4n) is 0.559. The highest BCUT2D eigenvalue weighted by molar-refractivity contribution is 9.10. The summed E-state index contributed by atoms with van der Waals surface area (Å²) in [7, 11) is 0. The Labute approximate surface area is 66.8 Å². The molecule has 0 fully saturated rings. The van der Waals surface area contributed by atoms with Crippen molar-refractivity contribution in [1.29, 1.82) is 0 Å². The van der Waals surface area contributed by atoms with Gasteiger partial charge in [-0.2, -0.15) is 0 Å². The molecule has 0 aliphatic heterocycles. The van der Waals surface area contributed by atoms with Gasteiger partial charge in [0, 0.05) is 4.47 Å². The van der Waals surface area contributed by atoms with Gasteiger partial charge in [0.15, 0.2) is 0 Å². The standard InChI is InChI=1S/C7H6BrNO/c8-5-1-3-6(9)7(10)4-2-5/h1-4H,(H2,9,10). The Bertz CT molecular complexity index is 298. The van der Waals surface area contributed by atoms with Crippen LogP contribution < -0.4 is 11.2 Å². The van der Waals surface area contributed by atoms with E-state index in [1.807, 2.05) is 0 Å². The van der Waals surface area contributed by atoms with Crippen LogP contribution in [0.25, 0.3) is 0 Å². The van der Waals surface area contributed by atoms with Crippen LogP contribution in [0.3, 0.4) is 0 Å². The largest absolute Gasteiger partial charge is 0.396 e. The zero-order valence-corrected chi connectivity index (χ0v) is 6.76. The molecule has 1 rings (SSSR count). The lowest BCUT2D eigenvalue weighted by molar-refractivity contribution is 1.65. The van der Waals surface area contributed by atoms with Gasteiger partial charge in [0.05, 0.1) is 5.69 Å². The summed E-state index contributed by atoms with van der Waals surface area (Å²) in [6.07, 6.45) is 0. The Morgan fingerprint density at radius 2 is 1.80 bits per heavy atom. The zero-order chi connectivity index (χ0) is 7.56. The summed E-state index contributed by atoms with van der Waals surface area (Å²) in [5, 5.41) is 0. The van der Waals surface area contributed by atoms with E-state index in [2.05, 4.69) is 15.9 Å². The van der Waals surface area contributed by atoms with Crippen molar-refractivity contribution < 1.29 is 0 Å². The molecule has 0 heterocycles. The third kappa shape index (κ3) is 1.57. The Kier molecular flexibility index (Phi) is 2.06. The number of halogens is 1. The lowest BCUT2D eigenvalue weighted by Gasteiger charge is -1.76. The first-order valence-corrected chi connectivity index (χ1v) is 3.55. The van der Waals surface area contributed by atoms with Crippen LogP contribution in [0.15, 0.2) is 33.5 Å². The van der Waals surface area contributed by atoms with Crippen molar-refractivity contribution in [1.82, 2.24) is 0 Å². The van der Waals surface area contributed by atoms with Crippen molar-refractivity contribution in [2.24, 2.45) is 0 Å². The van der Waals surface area contributed by atoms with Gasteiger partial charge in [0.2, 0.25) is 5.43 Å². The fraction of sp³-hybridized carbons (Fsp3) is 0. The molecule has 0 saturated carbocycles. The summed E-state index contributed by atoms with van der Waals surface area (Å²) in [6.45, 7) is 0. The molecule has 0 aromatic heterocycles. The minimum absolute atomic E-state index is 0.147. The van der Waals surface area contributed by atoms with Crippen molar-refractivity contribution >= 4 is 21.6 Å². The Morgan fingerprint density at radius 1 is 1.20 bits per heavy atom. The van der Waals surface area contributed by atoms with E-state index in [4.69, 9.17) is 5.73 Å². The number of anilines is 1. The van der Waals surface area contributed by atoms with Crippen LogP contribution in [0.5, 0.6) is 0 Å². The first kappa shape index (κ1) is 7.28. The molecule has 0 aliphatic carbocycles. The normalized spacial score (nSPS) is 9.30. The Balaban J connectivity index is 3.43. The highest BCUT2D eigenvalue weighted by Gasteiger charge is 1.87. The molecule has 0 bridgehead atoms. The van der Waals surface area contributed by atoms with E-state index in [1.165, 1.54) is 6.07 Å². The summed E-state index contributed by atoms with van der Waals surface area (Å²) in [4.78, 5) is 10.8. The molecule has 52 valence electrons. The van der Waals surface area contributed by atoms with E-state index in [0.29, 0.717) is 0 Å². The third-order valence-electron chi connectivity index (χ3n) is 1.10. The van der Waals surface area contributed by atoms with Crippen molar-refractivity contribution in [3.05, 3.63) is 39.0 Å². The molecule has 2 N–H and O–H groups in total. The summed E-state index contributed by atoms with van der Waals surface area (Å²) < 4.78 is 0.848. The average molecular weight is 200 g/mol. The molecule has 0 amide bonds. The van der Waals surface area contributed by atoms with Gasteiger partial charge >= 0.3 is 0 Å². The van der Waals surface area contributed by atoms with Crippen LogP contribution in [0.1, 0.15) is 0 Å². The predicted octanol–water partition coefficient (Wildman–Crippen LogP) is 1.39. The van der Waals surface area contributed by atoms with Gasteiger partial charge in [-0.15, -0.1) is 0 Å². The van der Waals surface area contributed by atoms with Gasteiger partial charge in [-0.05, 0) is 24.3 Å². The number of rotatable bonds is 0. The first-order valence-electron chi connectivity index (χ1n) is 2.75. The quantitative estimate of drug-likeness (QED) is 0.687. The molecule has 0 saturated heterocycles. The van der Waals surface area contributed by atoms with Crippen molar-refractivity contribution in [2.75, 3.05) is 5.73 Å². The highest BCUT2D eigenvalue weighted by atomic mass is 79.9. The molecular formula is C7H6BrNO. The second kappa shape index (κ2) is 2.84. The summed E-state index contributed by atoms with van der Waals surface area (Å²) in [5.74, 6) is 0. The second-order valence-corrected chi connectivity index (χ2v) is 2.79.